The molecule has 0 amide bonds. The molecule has 0 unspecified atom stereocenters. The van der Waals surface area contributed by atoms with E-state index in [1.807, 2.05) is 11.4 Å². The first-order chi connectivity index (χ1) is 8.04. The third-order valence-electron chi connectivity index (χ3n) is 3.37. The zero-order chi connectivity index (χ0) is 14.1. The van der Waals surface area contributed by atoms with Crippen LogP contribution < -0.4 is 5.46 Å². The van der Waals surface area contributed by atoms with Crippen LogP contribution in [0, 0.1) is 0 Å². The SMILES string of the molecule is CC(C)c1cc(B(O)OC(C)(C)C(C)(C)O)cs1. The average molecular weight is 270 g/mol. The quantitative estimate of drug-likeness (QED) is 0.806. The van der Waals surface area contributed by atoms with Crippen LogP contribution in [0.1, 0.15) is 52.3 Å². The molecule has 0 aliphatic rings. The predicted octanol–water partition coefficient (Wildman–Crippen LogP) is 2.13. The van der Waals surface area contributed by atoms with E-state index in [0.29, 0.717) is 5.92 Å². The zero-order valence-corrected chi connectivity index (χ0v) is 12.8. The highest BCUT2D eigenvalue weighted by molar-refractivity contribution is 7.11. The fraction of sp³-hybridized carbons (Fsp3) is 0.692. The lowest BCUT2D eigenvalue weighted by atomic mass is 9.78. The molecule has 0 saturated carbocycles. The summed E-state index contributed by atoms with van der Waals surface area (Å²) >= 11 is 1.62. The molecule has 0 radical (unpaired) electrons. The number of hydrogen-bond donors (Lipinski definition) is 2. The Bertz CT molecular complexity index is 393. The Morgan fingerprint density at radius 2 is 1.83 bits per heavy atom. The largest absolute Gasteiger partial charge is 0.492 e. The van der Waals surface area contributed by atoms with Crippen LogP contribution >= 0.6 is 11.3 Å². The Kier molecular flexibility index (Phi) is 4.65. The molecule has 1 rings (SSSR count). The third kappa shape index (κ3) is 3.57. The molecule has 0 atom stereocenters. The minimum Gasteiger partial charge on any atom is -0.423 e. The van der Waals surface area contributed by atoms with Crippen LogP contribution in [0.15, 0.2) is 11.4 Å². The van der Waals surface area contributed by atoms with Crippen LogP contribution in [0.25, 0.3) is 0 Å². The molecule has 0 fully saturated rings. The summed E-state index contributed by atoms with van der Waals surface area (Å²) in [6.45, 7) is 11.1. The molecule has 3 nitrogen and oxygen atoms in total. The summed E-state index contributed by atoms with van der Waals surface area (Å²) in [7, 11) is -1.00. The topological polar surface area (TPSA) is 49.7 Å². The van der Waals surface area contributed by atoms with E-state index in [2.05, 4.69) is 13.8 Å². The molecule has 1 aromatic heterocycles. The number of hydrogen-bond acceptors (Lipinski definition) is 4. The van der Waals surface area contributed by atoms with E-state index in [1.54, 1.807) is 39.0 Å². The van der Waals surface area contributed by atoms with Crippen molar-refractivity contribution in [3.63, 3.8) is 0 Å². The van der Waals surface area contributed by atoms with Crippen molar-refractivity contribution < 1.29 is 14.8 Å². The van der Waals surface area contributed by atoms with Gasteiger partial charge in [-0.25, -0.2) is 0 Å². The van der Waals surface area contributed by atoms with Gasteiger partial charge in [0.2, 0.25) is 0 Å². The summed E-state index contributed by atoms with van der Waals surface area (Å²) in [6, 6.07) is 1.96. The summed E-state index contributed by atoms with van der Waals surface area (Å²) in [4.78, 5) is 1.22. The van der Waals surface area contributed by atoms with E-state index >= 15 is 0 Å². The van der Waals surface area contributed by atoms with E-state index in [0.717, 1.165) is 5.46 Å². The van der Waals surface area contributed by atoms with Gasteiger partial charge in [0.1, 0.15) is 0 Å². The Hall–Kier alpha value is -0.355. The standard InChI is InChI=1S/C13H23BO3S/c1-9(2)11-7-10(8-18-11)14(16)17-13(5,6)12(3,4)15/h7-9,15-16H,1-6H3. The van der Waals surface area contributed by atoms with Gasteiger partial charge in [0, 0.05) is 4.88 Å². The first-order valence-corrected chi connectivity index (χ1v) is 7.09. The van der Waals surface area contributed by atoms with Crippen LogP contribution in [-0.4, -0.2) is 28.5 Å². The molecular formula is C13H23BO3S. The van der Waals surface area contributed by atoms with Gasteiger partial charge in [0.15, 0.2) is 0 Å². The van der Waals surface area contributed by atoms with E-state index in [9.17, 15) is 10.1 Å². The van der Waals surface area contributed by atoms with Crippen molar-refractivity contribution in [1.82, 2.24) is 0 Å². The maximum atomic E-state index is 10.1. The molecule has 1 heterocycles. The fourth-order valence-electron chi connectivity index (χ4n) is 1.29. The molecule has 0 spiro atoms. The molecular weight excluding hydrogens is 247 g/mol. The van der Waals surface area contributed by atoms with Crippen LogP contribution in [-0.2, 0) is 4.65 Å². The number of rotatable bonds is 5. The first kappa shape index (κ1) is 15.7. The average Bonchev–Trinajstić information content (AvgIpc) is 2.63. The lowest BCUT2D eigenvalue weighted by molar-refractivity contribution is -0.0982. The molecule has 0 aliphatic carbocycles. The number of aliphatic hydroxyl groups is 1. The van der Waals surface area contributed by atoms with Crippen molar-refractivity contribution in [2.45, 2.75) is 58.7 Å². The fourth-order valence-corrected chi connectivity index (χ4v) is 2.22. The minimum absolute atomic E-state index is 0.443. The van der Waals surface area contributed by atoms with Gasteiger partial charge in [-0.1, -0.05) is 13.8 Å². The lowest BCUT2D eigenvalue weighted by Crippen LogP contribution is -2.52. The summed E-state index contributed by atoms with van der Waals surface area (Å²) in [5.74, 6) is 0.443. The van der Waals surface area contributed by atoms with Crippen molar-refractivity contribution in [2.24, 2.45) is 0 Å². The molecule has 0 saturated heterocycles. The Morgan fingerprint density at radius 1 is 1.28 bits per heavy atom. The monoisotopic (exact) mass is 270 g/mol. The second-order valence-corrected chi connectivity index (χ2v) is 6.92. The molecule has 0 aliphatic heterocycles. The molecule has 0 bridgehead atoms. The van der Waals surface area contributed by atoms with E-state index in [1.165, 1.54) is 4.88 Å². The maximum Gasteiger partial charge on any atom is 0.492 e. The van der Waals surface area contributed by atoms with Gasteiger partial charge in [0.05, 0.1) is 11.2 Å². The molecule has 18 heavy (non-hydrogen) atoms. The summed E-state index contributed by atoms with van der Waals surface area (Å²) < 4.78 is 5.59. The molecule has 2 N–H and O–H groups in total. The summed E-state index contributed by atoms with van der Waals surface area (Å²) in [6.07, 6.45) is 0. The highest BCUT2D eigenvalue weighted by Gasteiger charge is 2.39. The van der Waals surface area contributed by atoms with Crippen molar-refractivity contribution in [2.75, 3.05) is 0 Å². The Labute approximate surface area is 114 Å². The van der Waals surface area contributed by atoms with E-state index in [4.69, 9.17) is 4.65 Å². The molecule has 102 valence electrons. The molecule has 0 aromatic carbocycles. The maximum absolute atomic E-state index is 10.1. The first-order valence-electron chi connectivity index (χ1n) is 6.21. The van der Waals surface area contributed by atoms with Gasteiger partial charge in [-0.05, 0) is 50.5 Å². The van der Waals surface area contributed by atoms with Crippen LogP contribution in [0.4, 0.5) is 0 Å². The van der Waals surface area contributed by atoms with Gasteiger partial charge in [-0.15, -0.1) is 11.3 Å². The van der Waals surface area contributed by atoms with Crippen molar-refractivity contribution >= 4 is 23.9 Å². The van der Waals surface area contributed by atoms with E-state index < -0.39 is 18.3 Å². The van der Waals surface area contributed by atoms with Crippen molar-refractivity contribution in [3.8, 4) is 0 Å². The van der Waals surface area contributed by atoms with Crippen LogP contribution in [0.3, 0.4) is 0 Å². The summed E-state index contributed by atoms with van der Waals surface area (Å²) in [5, 5.41) is 22.0. The highest BCUT2D eigenvalue weighted by atomic mass is 32.1. The van der Waals surface area contributed by atoms with Crippen LogP contribution in [0.5, 0.6) is 0 Å². The third-order valence-corrected chi connectivity index (χ3v) is 4.63. The predicted molar refractivity (Wildman–Crippen MR) is 77.5 cm³/mol. The highest BCUT2D eigenvalue weighted by Crippen LogP contribution is 2.26. The smallest absolute Gasteiger partial charge is 0.423 e. The minimum atomic E-state index is -1.02. The second kappa shape index (κ2) is 5.33. The molecule has 1 aromatic rings. The van der Waals surface area contributed by atoms with Crippen molar-refractivity contribution in [3.05, 3.63) is 16.3 Å². The van der Waals surface area contributed by atoms with Crippen LogP contribution in [0.2, 0.25) is 0 Å². The van der Waals surface area contributed by atoms with Gasteiger partial charge >= 0.3 is 7.12 Å². The lowest BCUT2D eigenvalue weighted by Gasteiger charge is -2.38. The molecule has 5 heteroatoms. The second-order valence-electron chi connectivity index (χ2n) is 5.98. The Morgan fingerprint density at radius 3 is 2.22 bits per heavy atom. The normalized spacial score (nSPS) is 13.2. The van der Waals surface area contributed by atoms with E-state index in [-0.39, 0.29) is 0 Å². The zero-order valence-electron chi connectivity index (χ0n) is 12.0. The van der Waals surface area contributed by atoms with Gasteiger partial charge in [0.25, 0.3) is 0 Å². The van der Waals surface area contributed by atoms with Gasteiger partial charge < -0.3 is 14.8 Å². The summed E-state index contributed by atoms with van der Waals surface area (Å²) in [5.41, 5.74) is -1.10. The number of thiophene rings is 1. The van der Waals surface area contributed by atoms with Crippen molar-refractivity contribution in [1.29, 1.82) is 0 Å². The van der Waals surface area contributed by atoms with Gasteiger partial charge in [-0.2, -0.15) is 0 Å². The Balaban J connectivity index is 2.79. The van der Waals surface area contributed by atoms with Gasteiger partial charge in [-0.3, -0.25) is 0 Å².